The van der Waals surface area contributed by atoms with E-state index in [0.717, 1.165) is 150 Å². The summed E-state index contributed by atoms with van der Waals surface area (Å²) in [6.07, 6.45) is 14.1. The van der Waals surface area contributed by atoms with Crippen LogP contribution in [0.5, 0.6) is 0 Å². The summed E-state index contributed by atoms with van der Waals surface area (Å²) in [5.41, 5.74) is 5.19. The first-order chi connectivity index (χ1) is 68.6. The van der Waals surface area contributed by atoms with Crippen molar-refractivity contribution in [3.63, 3.8) is 0 Å². The number of nitriles is 5. The number of carboxylic acids is 5. The minimum Gasteiger partial charge on any atom is -0.477 e. The van der Waals surface area contributed by atoms with Gasteiger partial charge in [-0.3, -0.25) is 24.0 Å². The number of nitrogens with two attached hydrogens (primary N) is 2. The third-order valence-electron chi connectivity index (χ3n) is 31.4. The van der Waals surface area contributed by atoms with Crippen LogP contribution >= 0.6 is 0 Å². The Balaban J connectivity index is 0.000000114. The number of aromatic carboxylic acids is 5. The molecule has 23 rings (SSSR count). The lowest BCUT2D eigenvalue weighted by molar-refractivity contribution is 0.0684. The van der Waals surface area contributed by atoms with E-state index in [1.54, 1.807) is 9.47 Å². The number of nitrogens with one attached hydrogen (secondary N) is 2. The molecule has 5 aromatic carbocycles. The number of fused-ring (bicyclic) bond motifs is 5. The maximum atomic E-state index is 15.4. The normalized spacial score (nSPS) is 24.5. The van der Waals surface area contributed by atoms with Crippen molar-refractivity contribution in [2.24, 2.45) is 35.1 Å². The Morgan fingerprint density at radius 2 is 0.604 bits per heavy atom. The van der Waals surface area contributed by atoms with Gasteiger partial charge in [0, 0.05) is 137 Å². The zero-order valence-electron chi connectivity index (χ0n) is 77.4. The minimum absolute atomic E-state index is 0.0201. The van der Waals surface area contributed by atoms with E-state index in [4.69, 9.17) is 21.8 Å². The number of aromatic nitrogens is 5. The number of carbonyl (C=O) groups is 5. The number of carboxylic acid groups (broad SMARTS) is 5. The number of benzene rings is 5. The van der Waals surface area contributed by atoms with Crippen LogP contribution in [-0.2, 0) is 0 Å². The second-order valence-electron chi connectivity index (χ2n) is 40.1. The maximum absolute atomic E-state index is 15.4. The van der Waals surface area contributed by atoms with E-state index in [9.17, 15) is 116 Å². The van der Waals surface area contributed by atoms with E-state index in [-0.39, 0.29) is 154 Å². The Kier molecular flexibility index (Phi) is 24.7. The van der Waals surface area contributed by atoms with Gasteiger partial charge in [-0.1, -0.05) is 6.92 Å². The molecule has 4 aliphatic heterocycles. The Labute approximate surface area is 810 Å². The zero-order chi connectivity index (χ0) is 103. The number of rotatable bonds is 21. The van der Waals surface area contributed by atoms with Gasteiger partial charge >= 0.3 is 29.8 Å². The van der Waals surface area contributed by atoms with Crippen LogP contribution in [0.3, 0.4) is 0 Å². The molecule has 12 atom stereocenters. The van der Waals surface area contributed by atoms with E-state index in [0.29, 0.717) is 75.8 Å². The summed E-state index contributed by atoms with van der Waals surface area (Å²) in [4.78, 5) is 128. The molecule has 144 heavy (non-hydrogen) atoms. The number of hydrogen-bond donors (Lipinski definition) is 9. The van der Waals surface area contributed by atoms with Crippen molar-refractivity contribution in [3.8, 4) is 30.3 Å². The van der Waals surface area contributed by atoms with Gasteiger partial charge in [0.2, 0.25) is 27.1 Å². The number of anilines is 4. The van der Waals surface area contributed by atoms with E-state index >= 15 is 17.6 Å². The van der Waals surface area contributed by atoms with Crippen molar-refractivity contribution in [2.75, 3.05) is 85.6 Å². The number of halogens is 10. The van der Waals surface area contributed by atoms with Gasteiger partial charge in [0.15, 0.2) is 11.6 Å². The highest BCUT2D eigenvalue weighted by Crippen LogP contribution is 2.54. The van der Waals surface area contributed by atoms with Gasteiger partial charge in [-0.15, -0.1) is 0 Å². The van der Waals surface area contributed by atoms with Crippen LogP contribution in [0.25, 0.3) is 54.5 Å². The van der Waals surface area contributed by atoms with Crippen molar-refractivity contribution in [1.29, 1.82) is 26.3 Å². The summed E-state index contributed by atoms with van der Waals surface area (Å²) in [5.74, 6) is -12.1. The van der Waals surface area contributed by atoms with E-state index in [2.05, 4.69) is 23.6 Å². The fourth-order valence-electron chi connectivity index (χ4n) is 22.4. The predicted octanol–water partition coefficient (Wildman–Crippen LogP) is 12.3. The molecule has 748 valence electrons. The first-order valence-corrected chi connectivity index (χ1v) is 47.5. The van der Waals surface area contributed by atoms with E-state index in [1.165, 1.54) is 26.0 Å². The molecule has 4 saturated heterocycles. The van der Waals surface area contributed by atoms with Crippen LogP contribution < -0.4 is 68.8 Å². The molecule has 5 aromatic heterocycles. The topological polar surface area (TPSA) is 505 Å². The van der Waals surface area contributed by atoms with Crippen molar-refractivity contribution >= 4 is 107 Å². The summed E-state index contributed by atoms with van der Waals surface area (Å²) in [6, 6.07) is 11.4. The van der Waals surface area contributed by atoms with Gasteiger partial charge in [-0.2, -0.15) is 26.3 Å². The van der Waals surface area contributed by atoms with Crippen LogP contribution in [0.4, 0.5) is 66.7 Å². The first kappa shape index (κ1) is 98.1. The number of alkyl halides is 4. The molecule has 13 aliphatic rings. The number of hydrogen-bond acceptors (Lipinski definition) is 23. The molecular formula is C101H94F10N18O15. The Bertz CT molecular complexity index is 7830. The largest absolute Gasteiger partial charge is 0.477 e. The van der Waals surface area contributed by atoms with Crippen LogP contribution in [0, 0.1) is 115 Å². The molecule has 0 unspecified atom stereocenters. The lowest BCUT2D eigenvalue weighted by atomic mass is 9.96. The van der Waals surface area contributed by atoms with Crippen molar-refractivity contribution in [1.82, 2.24) is 33.5 Å². The molecule has 0 bridgehead atoms. The molecule has 13 fully saturated rings. The van der Waals surface area contributed by atoms with Crippen LogP contribution in [0.1, 0.15) is 232 Å². The first-order valence-electron chi connectivity index (χ1n) is 47.5. The lowest BCUT2D eigenvalue weighted by Gasteiger charge is -2.26. The van der Waals surface area contributed by atoms with Gasteiger partial charge < -0.3 is 90.1 Å². The number of pyridine rings is 5. The maximum Gasteiger partial charge on any atom is 0.341 e. The predicted molar refractivity (Wildman–Crippen MR) is 502 cm³/mol. The molecule has 9 aliphatic carbocycles. The highest BCUT2D eigenvalue weighted by atomic mass is 19.2. The minimum atomic E-state index is -1.57. The molecule has 0 amide bonds. The van der Waals surface area contributed by atoms with Crippen molar-refractivity contribution in [2.45, 2.75) is 200 Å². The second-order valence-corrected chi connectivity index (χ2v) is 40.1. The monoisotopic (exact) mass is 1990 g/mol. The summed E-state index contributed by atoms with van der Waals surface area (Å²) in [5, 5.41) is 101. The van der Waals surface area contributed by atoms with E-state index in [1.807, 2.05) is 40.0 Å². The summed E-state index contributed by atoms with van der Waals surface area (Å²) < 4.78 is 150. The quantitative estimate of drug-likeness (QED) is 0.0302. The zero-order valence-corrected chi connectivity index (χ0v) is 77.4. The fraction of sp³-hybridized carbons (Fsp3) is 0.455. The van der Waals surface area contributed by atoms with Gasteiger partial charge in [0.25, 0.3) is 0 Å². The standard InChI is InChI=1S/C23H24F2N4O3.C22H22F2N4O3.C21H20F2N4O3.C21H21FN4O3.C14H7F3N2O3/c1-2-27-23(4-5-23)12-3-6-28(10-12)20-14(9-26)19-13(7-17(20)25)21(30)15(22(31)32)11-29(19)18-8-16(18)24;1-26-22(3-4-22)11-2-5-27(9-11)19-13(8-25)18-12(6-16(19)24)20(29)14(21(30)31)10-28(18)17-7-15(17)23;22-14-6-16(14)27-9-13(20(29)30)19(28)11-5-15(23)18(12(7-24)17(11)27)26-4-1-10(8-26)21(25)2-3-21;22-16-7-13-17(26(12-1-2-12)10-15(19(13)27)20(28)29)14(8-23)18(16)25-6-3-11(9-25)21(24)4-5-21;15-8-2-10(8)19-4-7(14(21)22)13(20)5-1-9(16)11(17)6(3-18)12(5)19/h7,11-12,16,18,27H,2-6,8,10H2,1H3,(H,31,32);6,10-11,15,17,26H,2-5,7,9H2,1H3,(H,30,31);5,9-10,14,16H,1-4,6,8,25H2,(H,29,30);7,10-12H,1-6,9,24H2,(H,28,29);1,4,8,10H,2H2,(H,21,22)/t12-,16+,18-;11-,15+,17-;10-,14+,16-;11-;8-,10+/m11110/s1. The van der Waals surface area contributed by atoms with Crippen molar-refractivity contribution in [3.05, 3.63) is 203 Å². The van der Waals surface area contributed by atoms with Gasteiger partial charge in [0.05, 0.1) is 101 Å². The van der Waals surface area contributed by atoms with Crippen LogP contribution in [-0.4, -0.2) is 191 Å². The average molecular weight is 1990 g/mol. The van der Waals surface area contributed by atoms with Gasteiger partial charge in [-0.05, 0) is 157 Å². The molecule has 43 heteroatoms. The van der Waals surface area contributed by atoms with E-state index < -0.39 is 180 Å². The summed E-state index contributed by atoms with van der Waals surface area (Å²) in [6.45, 7) is 7.41. The molecule has 33 nitrogen and oxygen atoms in total. The fourth-order valence-corrected chi connectivity index (χ4v) is 22.4. The Morgan fingerprint density at radius 1 is 0.368 bits per heavy atom. The molecule has 9 heterocycles. The average Bonchev–Trinajstić information content (AvgIpc) is 1.52. The molecule has 10 aromatic rings. The molecule has 11 N–H and O–H groups in total. The third kappa shape index (κ3) is 17.0. The van der Waals surface area contributed by atoms with Crippen LogP contribution in [0.2, 0.25) is 0 Å². The Morgan fingerprint density at radius 3 is 0.833 bits per heavy atom. The second kappa shape index (κ2) is 36.3. The van der Waals surface area contributed by atoms with Gasteiger partial charge in [0.1, 0.15) is 134 Å². The smallest absolute Gasteiger partial charge is 0.341 e. The SMILES string of the molecule is CCNC1([C@@H]2CCN(c3c(F)cc4c(=O)c(C(=O)O)cn([C@@H]5C[C@@H]5F)c4c3C#N)C2)CC1.CNC1([C@@H]2CCN(c3c(F)cc4c(=O)c(C(=O)O)cn([C@@H]5C[C@@H]5F)c4c3C#N)C2)CC1.N#Cc1c(F)c(F)cc2c(=O)c(C(=O)O)cn([C@@H]3C[C@@H]3F)c12.N#Cc1c(N2CC[C@@H](C3(N)CC3)C2)c(F)cc2c(=O)c(C(=O)O)cn(C3CC3)c12.N#Cc1c(N2CC[C@@H](C3(N)CC3)C2)c(F)cc2c(=O)c(C(=O)O)cn([C@@H]3C[C@@H]3F)c12. The van der Waals surface area contributed by atoms with Crippen molar-refractivity contribution < 1.29 is 93.4 Å². The molecular weight excluding hydrogens is 1900 g/mol. The Hall–Kier alpha value is -14.7. The third-order valence-corrected chi connectivity index (χ3v) is 31.4. The highest BCUT2D eigenvalue weighted by Gasteiger charge is 2.55. The highest BCUT2D eigenvalue weighted by molar-refractivity contribution is 6.02. The van der Waals surface area contributed by atoms with Gasteiger partial charge in [-0.25, -0.2) is 67.9 Å². The molecule has 9 saturated carbocycles. The lowest BCUT2D eigenvalue weighted by Crippen LogP contribution is -2.40. The number of nitrogens with zero attached hydrogens (tertiary/aromatic N) is 14. The summed E-state index contributed by atoms with van der Waals surface area (Å²) >= 11 is 0. The molecule has 0 spiro atoms. The summed E-state index contributed by atoms with van der Waals surface area (Å²) in [7, 11) is 1.93. The van der Waals surface area contributed by atoms with Crippen LogP contribution in [0.15, 0.2) is 85.3 Å². The molecule has 0 radical (unpaired) electrons.